The predicted molar refractivity (Wildman–Crippen MR) is 88.1 cm³/mol. The van der Waals surface area contributed by atoms with Crippen LogP contribution in [0.1, 0.15) is 15.2 Å². The summed E-state index contributed by atoms with van der Waals surface area (Å²) in [6, 6.07) is 9.10. The molecule has 0 bridgehead atoms. The summed E-state index contributed by atoms with van der Waals surface area (Å²) in [5.74, 6) is 1.02. The topological polar surface area (TPSA) is 67.9 Å². The first kappa shape index (κ1) is 15.0. The first-order chi connectivity index (χ1) is 11.7. The van der Waals surface area contributed by atoms with Crippen LogP contribution in [0.4, 0.5) is 0 Å². The molecule has 4 rings (SSSR count). The number of ether oxygens (including phenoxy) is 2. The third kappa shape index (κ3) is 2.82. The van der Waals surface area contributed by atoms with E-state index in [9.17, 15) is 9.59 Å². The highest BCUT2D eigenvalue weighted by Crippen LogP contribution is 2.33. The number of hydrogen-bond donors (Lipinski definition) is 1. The van der Waals surface area contributed by atoms with Gasteiger partial charge in [-0.25, -0.2) is 0 Å². The zero-order valence-corrected chi connectivity index (χ0v) is 13.7. The molecule has 0 spiro atoms. The molecule has 0 radical (unpaired) electrons. The number of carbonyl (C=O) groups excluding carboxylic acids is 2. The van der Waals surface area contributed by atoms with Crippen molar-refractivity contribution in [2.45, 2.75) is 6.54 Å². The monoisotopic (exact) mass is 344 g/mol. The quantitative estimate of drug-likeness (QED) is 0.919. The van der Waals surface area contributed by atoms with Crippen molar-refractivity contribution in [2.24, 2.45) is 5.92 Å². The third-order valence-corrected chi connectivity index (χ3v) is 5.05. The van der Waals surface area contributed by atoms with E-state index in [1.807, 2.05) is 17.5 Å². The lowest BCUT2D eigenvalue weighted by Crippen LogP contribution is -2.55. The van der Waals surface area contributed by atoms with Crippen LogP contribution >= 0.6 is 11.3 Å². The Morgan fingerprint density at radius 3 is 2.83 bits per heavy atom. The standard InChI is InChI=1S/C17H16N2O4S/c20-16(18-7-13-2-1-5-24-13)12-8-19(9-12)17(21)11-3-4-14-15(6-11)23-10-22-14/h1-6,12H,7-10H2,(H,18,20). The molecular weight excluding hydrogens is 328 g/mol. The minimum absolute atomic E-state index is 0.00173. The van der Waals surface area contributed by atoms with E-state index in [-0.39, 0.29) is 24.5 Å². The fourth-order valence-corrected chi connectivity index (χ4v) is 3.40. The maximum absolute atomic E-state index is 12.4. The Kier molecular flexibility index (Phi) is 3.86. The number of fused-ring (bicyclic) bond motifs is 1. The maximum Gasteiger partial charge on any atom is 0.254 e. The van der Waals surface area contributed by atoms with E-state index in [4.69, 9.17) is 9.47 Å². The van der Waals surface area contributed by atoms with Crippen LogP contribution in [0.3, 0.4) is 0 Å². The highest BCUT2D eigenvalue weighted by Gasteiger charge is 2.36. The van der Waals surface area contributed by atoms with Crippen molar-refractivity contribution in [1.82, 2.24) is 10.2 Å². The molecule has 3 heterocycles. The van der Waals surface area contributed by atoms with Crippen LogP contribution in [0.15, 0.2) is 35.7 Å². The van der Waals surface area contributed by atoms with Crippen molar-refractivity contribution in [2.75, 3.05) is 19.9 Å². The van der Waals surface area contributed by atoms with Crippen LogP contribution < -0.4 is 14.8 Å². The molecule has 2 amide bonds. The van der Waals surface area contributed by atoms with Gasteiger partial charge in [0.1, 0.15) is 0 Å². The van der Waals surface area contributed by atoms with Crippen LogP contribution in [0.2, 0.25) is 0 Å². The lowest BCUT2D eigenvalue weighted by molar-refractivity contribution is -0.129. The zero-order valence-electron chi connectivity index (χ0n) is 12.9. The van der Waals surface area contributed by atoms with Crippen LogP contribution in [0, 0.1) is 5.92 Å². The molecular formula is C17H16N2O4S. The Morgan fingerprint density at radius 2 is 2.04 bits per heavy atom. The summed E-state index contributed by atoms with van der Waals surface area (Å²) in [5, 5.41) is 4.90. The van der Waals surface area contributed by atoms with E-state index in [2.05, 4.69) is 5.32 Å². The molecule has 0 atom stereocenters. The van der Waals surface area contributed by atoms with E-state index in [1.165, 1.54) is 0 Å². The van der Waals surface area contributed by atoms with Gasteiger partial charge in [-0.2, -0.15) is 0 Å². The average molecular weight is 344 g/mol. The highest BCUT2D eigenvalue weighted by atomic mass is 32.1. The second-order valence-corrected chi connectivity index (χ2v) is 6.80. The minimum Gasteiger partial charge on any atom is -0.454 e. The number of likely N-dealkylation sites (tertiary alicyclic amines) is 1. The number of carbonyl (C=O) groups is 2. The second kappa shape index (κ2) is 6.16. The van der Waals surface area contributed by atoms with E-state index in [0.717, 1.165) is 4.88 Å². The fraction of sp³-hybridized carbons (Fsp3) is 0.294. The summed E-state index contributed by atoms with van der Waals surface area (Å²) in [6.45, 7) is 1.62. The molecule has 124 valence electrons. The van der Waals surface area contributed by atoms with Crippen LogP contribution in [0.25, 0.3) is 0 Å². The maximum atomic E-state index is 12.4. The van der Waals surface area contributed by atoms with E-state index in [0.29, 0.717) is 36.7 Å². The summed E-state index contributed by atoms with van der Waals surface area (Å²) in [5.41, 5.74) is 0.552. The number of thiophene rings is 1. The molecule has 7 heteroatoms. The summed E-state index contributed by atoms with van der Waals surface area (Å²) >= 11 is 1.61. The third-order valence-electron chi connectivity index (χ3n) is 4.18. The molecule has 2 aliphatic heterocycles. The number of nitrogens with zero attached hydrogens (tertiary/aromatic N) is 1. The first-order valence-corrected chi connectivity index (χ1v) is 8.58. The minimum atomic E-state index is -0.136. The molecule has 6 nitrogen and oxygen atoms in total. The van der Waals surface area contributed by atoms with Crippen molar-refractivity contribution in [3.63, 3.8) is 0 Å². The van der Waals surface area contributed by atoms with Crippen molar-refractivity contribution in [3.05, 3.63) is 46.2 Å². The van der Waals surface area contributed by atoms with Gasteiger partial charge in [-0.3, -0.25) is 9.59 Å². The van der Waals surface area contributed by atoms with E-state index >= 15 is 0 Å². The van der Waals surface area contributed by atoms with Gasteiger partial charge in [0.25, 0.3) is 5.91 Å². The van der Waals surface area contributed by atoms with Crippen molar-refractivity contribution in [3.8, 4) is 11.5 Å². The molecule has 2 aromatic rings. The van der Waals surface area contributed by atoms with Gasteiger partial charge in [0.2, 0.25) is 12.7 Å². The second-order valence-electron chi connectivity index (χ2n) is 5.77. The van der Waals surface area contributed by atoms with Crippen LogP contribution in [0.5, 0.6) is 11.5 Å². The average Bonchev–Trinajstić information content (AvgIpc) is 3.21. The Balaban J connectivity index is 1.30. The molecule has 24 heavy (non-hydrogen) atoms. The van der Waals surface area contributed by atoms with Gasteiger partial charge in [0.05, 0.1) is 12.5 Å². The van der Waals surface area contributed by atoms with E-state index in [1.54, 1.807) is 34.4 Å². The molecule has 0 saturated carbocycles. The zero-order chi connectivity index (χ0) is 16.5. The molecule has 1 fully saturated rings. The van der Waals surface area contributed by atoms with Gasteiger partial charge in [-0.1, -0.05) is 6.07 Å². The number of amides is 2. The lowest BCUT2D eigenvalue weighted by atomic mass is 9.97. The molecule has 0 aliphatic carbocycles. The van der Waals surface area contributed by atoms with Crippen molar-refractivity contribution >= 4 is 23.2 Å². The molecule has 1 N–H and O–H groups in total. The Labute approximate surface area is 143 Å². The van der Waals surface area contributed by atoms with Crippen LogP contribution in [-0.2, 0) is 11.3 Å². The van der Waals surface area contributed by atoms with E-state index < -0.39 is 0 Å². The van der Waals surface area contributed by atoms with Gasteiger partial charge in [0.15, 0.2) is 11.5 Å². The summed E-state index contributed by atoms with van der Waals surface area (Å²) in [7, 11) is 0. The summed E-state index contributed by atoms with van der Waals surface area (Å²) in [6.07, 6.45) is 0. The Hall–Kier alpha value is -2.54. The summed E-state index contributed by atoms with van der Waals surface area (Å²) < 4.78 is 10.5. The first-order valence-electron chi connectivity index (χ1n) is 7.70. The molecule has 0 unspecified atom stereocenters. The number of rotatable bonds is 4. The SMILES string of the molecule is O=C(NCc1cccs1)C1CN(C(=O)c2ccc3c(c2)OCO3)C1. The molecule has 1 aromatic heterocycles. The summed E-state index contributed by atoms with van der Waals surface area (Å²) in [4.78, 5) is 27.3. The number of hydrogen-bond acceptors (Lipinski definition) is 5. The fourth-order valence-electron chi connectivity index (χ4n) is 2.75. The molecule has 2 aliphatic rings. The largest absolute Gasteiger partial charge is 0.454 e. The highest BCUT2D eigenvalue weighted by molar-refractivity contribution is 7.09. The van der Waals surface area contributed by atoms with Gasteiger partial charge in [-0.05, 0) is 29.6 Å². The smallest absolute Gasteiger partial charge is 0.254 e. The van der Waals surface area contributed by atoms with Gasteiger partial charge in [-0.15, -0.1) is 11.3 Å². The number of nitrogens with one attached hydrogen (secondary N) is 1. The van der Waals surface area contributed by atoms with Gasteiger partial charge < -0.3 is 19.7 Å². The normalized spacial score (nSPS) is 15.9. The lowest BCUT2D eigenvalue weighted by Gasteiger charge is -2.38. The number of benzene rings is 1. The van der Waals surface area contributed by atoms with Crippen molar-refractivity contribution in [1.29, 1.82) is 0 Å². The molecule has 1 aromatic carbocycles. The van der Waals surface area contributed by atoms with Crippen LogP contribution in [-0.4, -0.2) is 36.6 Å². The predicted octanol–water partition coefficient (Wildman–Crippen LogP) is 1.87. The van der Waals surface area contributed by atoms with Gasteiger partial charge in [0, 0.05) is 23.5 Å². The molecule has 1 saturated heterocycles. The Morgan fingerprint density at radius 1 is 1.21 bits per heavy atom. The van der Waals surface area contributed by atoms with Crippen molar-refractivity contribution < 1.29 is 19.1 Å². The Bertz CT molecular complexity index is 769. The van der Waals surface area contributed by atoms with Gasteiger partial charge >= 0.3 is 0 Å².